The van der Waals surface area contributed by atoms with E-state index in [1.807, 2.05) is 41.3 Å². The van der Waals surface area contributed by atoms with Crippen LogP contribution in [0.2, 0.25) is 0 Å². The van der Waals surface area contributed by atoms with Crippen molar-refractivity contribution in [3.8, 4) is 11.5 Å². The molecule has 152 valence electrons. The second kappa shape index (κ2) is 8.29. The summed E-state index contributed by atoms with van der Waals surface area (Å²) in [5.41, 5.74) is 3.45. The predicted molar refractivity (Wildman–Crippen MR) is 117 cm³/mol. The van der Waals surface area contributed by atoms with Crippen LogP contribution in [0.25, 0.3) is 0 Å². The van der Waals surface area contributed by atoms with Crippen molar-refractivity contribution >= 4 is 28.9 Å². The Morgan fingerprint density at radius 3 is 2.45 bits per heavy atom. The highest BCUT2D eigenvalue weighted by atomic mass is 32.1. The van der Waals surface area contributed by atoms with Crippen molar-refractivity contribution < 1.29 is 14.3 Å². The fourth-order valence-corrected chi connectivity index (χ4v) is 3.85. The summed E-state index contributed by atoms with van der Waals surface area (Å²) in [4.78, 5) is 16.8. The number of amides is 1. The number of hydrogen-bond donors (Lipinski definition) is 1. The topological polar surface area (TPSA) is 54.0 Å². The van der Waals surface area contributed by atoms with E-state index in [4.69, 9.17) is 21.7 Å². The molecule has 6 nitrogen and oxygen atoms in total. The Bertz CT molecular complexity index is 925. The maximum absolute atomic E-state index is 12.9. The van der Waals surface area contributed by atoms with Crippen LogP contribution in [0.4, 0.5) is 5.69 Å². The van der Waals surface area contributed by atoms with Crippen LogP contribution in [0, 0.1) is 13.8 Å². The summed E-state index contributed by atoms with van der Waals surface area (Å²) in [6, 6.07) is 13.6. The summed E-state index contributed by atoms with van der Waals surface area (Å²) in [5.74, 6) is 1.27. The largest absolute Gasteiger partial charge is 0.485 e. The van der Waals surface area contributed by atoms with E-state index in [2.05, 4.69) is 30.1 Å². The van der Waals surface area contributed by atoms with Crippen LogP contribution in [0.3, 0.4) is 0 Å². The third-order valence-corrected chi connectivity index (χ3v) is 5.87. The number of carbonyl (C=O) groups excluding carboxylic acids is 1. The Morgan fingerprint density at radius 1 is 1.00 bits per heavy atom. The molecule has 0 bridgehead atoms. The third kappa shape index (κ3) is 4.15. The maximum Gasteiger partial charge on any atom is 0.267 e. The highest BCUT2D eigenvalue weighted by Gasteiger charge is 2.33. The lowest BCUT2D eigenvalue weighted by molar-refractivity contribution is -0.142. The first kappa shape index (κ1) is 19.5. The lowest BCUT2D eigenvalue weighted by atomic mass is 10.1. The van der Waals surface area contributed by atoms with Crippen molar-refractivity contribution in [2.75, 3.05) is 38.1 Å². The lowest BCUT2D eigenvalue weighted by Gasteiger charge is -2.38. The van der Waals surface area contributed by atoms with Crippen molar-refractivity contribution in [1.82, 2.24) is 9.80 Å². The van der Waals surface area contributed by atoms with Crippen molar-refractivity contribution in [2.45, 2.75) is 20.0 Å². The molecule has 2 heterocycles. The van der Waals surface area contributed by atoms with Crippen LogP contribution in [0.15, 0.2) is 42.5 Å². The maximum atomic E-state index is 12.9. The molecule has 7 heteroatoms. The normalized spacial score (nSPS) is 18.3. The number of ether oxygens (including phenoxy) is 2. The van der Waals surface area contributed by atoms with Gasteiger partial charge in [0.2, 0.25) is 6.10 Å². The van der Waals surface area contributed by atoms with E-state index >= 15 is 0 Å². The lowest BCUT2D eigenvalue weighted by Crippen LogP contribution is -2.55. The minimum absolute atomic E-state index is 0.0347. The molecule has 1 atom stereocenters. The first-order chi connectivity index (χ1) is 14.0. The second-order valence-corrected chi connectivity index (χ2v) is 7.74. The number of carbonyl (C=O) groups is 1. The van der Waals surface area contributed by atoms with E-state index in [0.717, 1.165) is 5.69 Å². The number of fused-ring (bicyclic) bond motifs is 1. The molecule has 0 saturated carbocycles. The molecular weight excluding hydrogens is 386 g/mol. The third-order valence-electron chi connectivity index (χ3n) is 5.51. The molecule has 1 saturated heterocycles. The molecule has 29 heavy (non-hydrogen) atoms. The molecule has 2 aromatic rings. The van der Waals surface area contributed by atoms with Gasteiger partial charge in [-0.2, -0.15) is 0 Å². The Morgan fingerprint density at radius 2 is 1.69 bits per heavy atom. The van der Waals surface area contributed by atoms with Gasteiger partial charge >= 0.3 is 0 Å². The summed E-state index contributed by atoms with van der Waals surface area (Å²) in [6.07, 6.45) is -0.600. The van der Waals surface area contributed by atoms with Crippen molar-refractivity contribution in [3.63, 3.8) is 0 Å². The quantitative estimate of drug-likeness (QED) is 0.767. The molecule has 2 aromatic carbocycles. The minimum atomic E-state index is -0.600. The number of rotatable bonds is 2. The molecule has 0 aliphatic carbocycles. The molecule has 4 rings (SSSR count). The van der Waals surface area contributed by atoms with Crippen molar-refractivity contribution in [3.05, 3.63) is 53.6 Å². The zero-order valence-corrected chi connectivity index (χ0v) is 17.5. The van der Waals surface area contributed by atoms with Crippen molar-refractivity contribution in [2.24, 2.45) is 0 Å². The van der Waals surface area contributed by atoms with E-state index in [0.29, 0.717) is 42.8 Å². The number of hydrogen-bond acceptors (Lipinski definition) is 4. The van der Waals surface area contributed by atoms with Gasteiger partial charge in [-0.25, -0.2) is 0 Å². The van der Waals surface area contributed by atoms with Gasteiger partial charge in [0.15, 0.2) is 16.6 Å². The highest BCUT2D eigenvalue weighted by molar-refractivity contribution is 7.80. The van der Waals surface area contributed by atoms with Gasteiger partial charge in [-0.05, 0) is 55.4 Å². The van der Waals surface area contributed by atoms with E-state index in [1.54, 1.807) is 0 Å². The Kier molecular flexibility index (Phi) is 5.58. The Balaban J connectivity index is 1.32. The zero-order valence-electron chi connectivity index (χ0n) is 16.7. The van der Waals surface area contributed by atoms with E-state index in [9.17, 15) is 4.79 Å². The van der Waals surface area contributed by atoms with Crippen LogP contribution < -0.4 is 14.8 Å². The van der Waals surface area contributed by atoms with Gasteiger partial charge in [0.05, 0.1) is 0 Å². The zero-order chi connectivity index (χ0) is 20.4. The number of para-hydroxylation sites is 2. The molecule has 0 spiro atoms. The molecule has 1 fully saturated rings. The van der Waals surface area contributed by atoms with Gasteiger partial charge in [0.1, 0.15) is 6.61 Å². The smallest absolute Gasteiger partial charge is 0.267 e. The summed E-state index contributed by atoms with van der Waals surface area (Å²) in [5, 5.41) is 4.04. The molecule has 0 aromatic heterocycles. The van der Waals surface area contributed by atoms with Gasteiger partial charge in [-0.15, -0.1) is 0 Å². The predicted octanol–water partition coefficient (Wildman–Crippen LogP) is 2.98. The first-order valence-electron chi connectivity index (χ1n) is 9.82. The summed E-state index contributed by atoms with van der Waals surface area (Å²) >= 11 is 5.60. The van der Waals surface area contributed by atoms with E-state index in [-0.39, 0.29) is 12.5 Å². The minimum Gasteiger partial charge on any atom is -0.485 e. The molecule has 0 unspecified atom stereocenters. The van der Waals surface area contributed by atoms with Crippen LogP contribution in [-0.4, -0.2) is 59.7 Å². The highest BCUT2D eigenvalue weighted by Crippen LogP contribution is 2.31. The van der Waals surface area contributed by atoms with Gasteiger partial charge in [0, 0.05) is 31.9 Å². The summed E-state index contributed by atoms with van der Waals surface area (Å²) in [7, 11) is 0. The number of nitrogens with one attached hydrogen (secondary N) is 1. The Labute approximate surface area is 176 Å². The summed E-state index contributed by atoms with van der Waals surface area (Å²) in [6.45, 7) is 7.00. The van der Waals surface area contributed by atoms with Gasteiger partial charge in [-0.3, -0.25) is 4.79 Å². The monoisotopic (exact) mass is 411 g/mol. The SMILES string of the molecule is Cc1cccc(NC(=S)N2CCN(C(=O)[C@@H]3COc4ccccc4O3)CC2)c1C. The number of thiocarbonyl (C=S) groups is 1. The number of nitrogens with zero attached hydrogens (tertiary/aromatic N) is 2. The summed E-state index contributed by atoms with van der Waals surface area (Å²) < 4.78 is 11.5. The van der Waals surface area contributed by atoms with Crippen LogP contribution in [-0.2, 0) is 4.79 Å². The molecule has 2 aliphatic heterocycles. The molecule has 1 N–H and O–H groups in total. The van der Waals surface area contributed by atoms with Gasteiger partial charge in [0.25, 0.3) is 5.91 Å². The average Bonchev–Trinajstić information content (AvgIpc) is 2.76. The fraction of sp³-hybridized carbons (Fsp3) is 0.364. The number of aryl methyl sites for hydroxylation is 1. The number of benzene rings is 2. The fourth-order valence-electron chi connectivity index (χ4n) is 3.56. The van der Waals surface area contributed by atoms with Crippen LogP contribution in [0.5, 0.6) is 11.5 Å². The van der Waals surface area contributed by atoms with Crippen LogP contribution in [0.1, 0.15) is 11.1 Å². The second-order valence-electron chi connectivity index (χ2n) is 7.35. The molecule has 1 amide bonds. The number of piperazine rings is 1. The Hall–Kier alpha value is -2.80. The standard InChI is InChI=1S/C22H25N3O3S/c1-15-6-5-7-17(16(15)2)23-22(29)25-12-10-24(11-13-25)21(26)20-14-27-18-8-3-4-9-19(18)28-20/h3-9,20H,10-14H2,1-2H3,(H,23,29)/t20-/m0/s1. The van der Waals surface area contributed by atoms with Gasteiger partial charge in [-0.1, -0.05) is 24.3 Å². The molecule has 2 aliphatic rings. The van der Waals surface area contributed by atoms with E-state index in [1.165, 1.54) is 11.1 Å². The van der Waals surface area contributed by atoms with Gasteiger partial charge < -0.3 is 24.6 Å². The molecule has 0 radical (unpaired) electrons. The van der Waals surface area contributed by atoms with Crippen LogP contribution >= 0.6 is 12.2 Å². The first-order valence-corrected chi connectivity index (χ1v) is 10.2. The van der Waals surface area contributed by atoms with Crippen molar-refractivity contribution in [1.29, 1.82) is 0 Å². The number of anilines is 1. The average molecular weight is 412 g/mol. The van der Waals surface area contributed by atoms with E-state index < -0.39 is 6.10 Å². The molecular formula is C22H25N3O3S.